The van der Waals surface area contributed by atoms with E-state index >= 15 is 0 Å². The molecule has 0 saturated carbocycles. The number of halogens is 2. The van der Waals surface area contributed by atoms with Gasteiger partial charge in [0, 0.05) is 23.9 Å². The van der Waals surface area contributed by atoms with Gasteiger partial charge < -0.3 is 10.1 Å². The maximum Gasteiger partial charge on any atom is 0.414 e. The summed E-state index contributed by atoms with van der Waals surface area (Å²) in [5.74, 6) is -1.96. The van der Waals surface area contributed by atoms with E-state index in [9.17, 15) is 18.4 Å². The van der Waals surface area contributed by atoms with Gasteiger partial charge in [0.1, 0.15) is 18.2 Å². The average Bonchev–Trinajstić information content (AvgIpc) is 3.06. The highest BCUT2D eigenvalue weighted by Gasteiger charge is 2.23. The number of carbonyl (C=O) groups is 2. The number of benzene rings is 2. The van der Waals surface area contributed by atoms with Crippen LogP contribution in [0.4, 0.5) is 19.3 Å². The molecule has 26 heavy (non-hydrogen) atoms. The van der Waals surface area contributed by atoms with Crippen LogP contribution in [0.3, 0.4) is 0 Å². The summed E-state index contributed by atoms with van der Waals surface area (Å²) in [6.07, 6.45) is 1.76. The summed E-state index contributed by atoms with van der Waals surface area (Å²) >= 11 is 0. The number of anilines is 1. The maximum absolute atomic E-state index is 13.5. The van der Waals surface area contributed by atoms with Crippen molar-refractivity contribution < 1.29 is 23.1 Å². The van der Waals surface area contributed by atoms with E-state index in [4.69, 9.17) is 4.74 Å². The lowest BCUT2D eigenvalue weighted by molar-refractivity contribution is -0.116. The van der Waals surface area contributed by atoms with Crippen LogP contribution >= 0.6 is 0 Å². The van der Waals surface area contributed by atoms with Crippen LogP contribution in [-0.2, 0) is 16.1 Å². The predicted octanol–water partition coefficient (Wildman–Crippen LogP) is 3.25. The van der Waals surface area contributed by atoms with Crippen molar-refractivity contribution in [3.8, 4) is 0 Å². The topological polar surface area (TPSA) is 58.6 Å². The monoisotopic (exact) mass is 358 g/mol. The number of hydrogen-bond donors (Lipinski definition) is 1. The summed E-state index contributed by atoms with van der Waals surface area (Å²) in [7, 11) is 0. The van der Waals surface area contributed by atoms with Gasteiger partial charge in [0.25, 0.3) is 0 Å². The molecule has 0 spiro atoms. The third kappa shape index (κ3) is 4.05. The highest BCUT2D eigenvalue weighted by Crippen LogP contribution is 2.20. The standard InChI is InChI=1S/C19H16F2N2O3/c20-16-5-2-6-17(21)15(16)7-8-18(24)22-12-13-3-1-4-14(11-13)23-9-10-26-19(23)25/h1-8,11H,9-10,12H2,(H,22,24)/b8-7-. The Balaban J connectivity index is 1.61. The number of amides is 2. The Labute approximate surface area is 148 Å². The van der Waals surface area contributed by atoms with Crippen LogP contribution in [0.25, 0.3) is 6.08 Å². The summed E-state index contributed by atoms with van der Waals surface area (Å²) in [4.78, 5) is 25.0. The minimum absolute atomic E-state index is 0.208. The fourth-order valence-electron chi connectivity index (χ4n) is 2.54. The third-order valence-corrected chi connectivity index (χ3v) is 3.85. The molecule has 1 aliphatic heterocycles. The lowest BCUT2D eigenvalue weighted by atomic mass is 10.1. The highest BCUT2D eigenvalue weighted by atomic mass is 19.1. The van der Waals surface area contributed by atoms with Crippen LogP contribution < -0.4 is 10.2 Å². The van der Waals surface area contributed by atoms with E-state index < -0.39 is 23.6 Å². The summed E-state index contributed by atoms with van der Waals surface area (Å²) in [5, 5.41) is 2.63. The molecular weight excluding hydrogens is 342 g/mol. The molecule has 1 aliphatic rings. The number of rotatable bonds is 5. The zero-order valence-electron chi connectivity index (χ0n) is 13.7. The van der Waals surface area contributed by atoms with Crippen molar-refractivity contribution in [1.29, 1.82) is 0 Å². The Morgan fingerprint density at radius 2 is 1.92 bits per heavy atom. The lowest BCUT2D eigenvalue weighted by Crippen LogP contribution is -2.24. The summed E-state index contributed by atoms with van der Waals surface area (Å²) in [6.45, 7) is 1.03. The smallest absolute Gasteiger partial charge is 0.414 e. The first-order valence-corrected chi connectivity index (χ1v) is 7.98. The van der Waals surface area contributed by atoms with Crippen molar-refractivity contribution in [2.24, 2.45) is 0 Å². The second kappa shape index (κ2) is 7.77. The van der Waals surface area contributed by atoms with Gasteiger partial charge in [0.05, 0.1) is 6.54 Å². The number of carbonyl (C=O) groups excluding carboxylic acids is 2. The number of hydrogen-bond acceptors (Lipinski definition) is 3. The molecule has 0 unspecified atom stereocenters. The van der Waals surface area contributed by atoms with Crippen molar-refractivity contribution in [3.63, 3.8) is 0 Å². The van der Waals surface area contributed by atoms with Crippen molar-refractivity contribution in [1.82, 2.24) is 5.32 Å². The first-order chi connectivity index (χ1) is 12.5. The van der Waals surface area contributed by atoms with E-state index in [0.717, 1.165) is 29.8 Å². The molecule has 5 nitrogen and oxygen atoms in total. The van der Waals surface area contributed by atoms with Crippen LogP contribution in [0.15, 0.2) is 48.5 Å². The lowest BCUT2D eigenvalue weighted by Gasteiger charge is -2.13. The second-order valence-electron chi connectivity index (χ2n) is 5.62. The molecule has 2 amide bonds. The van der Waals surface area contributed by atoms with Crippen LogP contribution in [0.2, 0.25) is 0 Å². The van der Waals surface area contributed by atoms with E-state index in [1.807, 2.05) is 0 Å². The fourth-order valence-corrected chi connectivity index (χ4v) is 2.54. The Morgan fingerprint density at radius 3 is 2.62 bits per heavy atom. The minimum atomic E-state index is -0.737. The van der Waals surface area contributed by atoms with Crippen LogP contribution in [0.5, 0.6) is 0 Å². The van der Waals surface area contributed by atoms with Gasteiger partial charge in [-0.3, -0.25) is 9.69 Å². The van der Waals surface area contributed by atoms with Crippen molar-refractivity contribution >= 4 is 23.8 Å². The number of nitrogens with zero attached hydrogens (tertiary/aromatic N) is 1. The van der Waals surface area contributed by atoms with E-state index in [-0.39, 0.29) is 12.1 Å². The van der Waals surface area contributed by atoms with Crippen molar-refractivity contribution in [3.05, 3.63) is 71.3 Å². The number of ether oxygens (including phenoxy) is 1. The predicted molar refractivity (Wildman–Crippen MR) is 92.4 cm³/mol. The Morgan fingerprint density at radius 1 is 1.19 bits per heavy atom. The van der Waals surface area contributed by atoms with Gasteiger partial charge in [-0.2, -0.15) is 0 Å². The van der Waals surface area contributed by atoms with Gasteiger partial charge >= 0.3 is 6.09 Å². The minimum Gasteiger partial charge on any atom is -0.447 e. The number of nitrogens with one attached hydrogen (secondary N) is 1. The van der Waals surface area contributed by atoms with E-state index in [2.05, 4.69) is 5.32 Å². The molecule has 0 aliphatic carbocycles. The molecule has 2 aromatic rings. The van der Waals surface area contributed by atoms with Gasteiger partial charge in [-0.1, -0.05) is 18.2 Å². The maximum atomic E-state index is 13.5. The molecule has 1 saturated heterocycles. The average molecular weight is 358 g/mol. The fraction of sp³-hybridized carbons (Fsp3) is 0.158. The zero-order chi connectivity index (χ0) is 18.5. The van der Waals surface area contributed by atoms with Gasteiger partial charge in [0.15, 0.2) is 0 Å². The Hall–Kier alpha value is -3.22. The van der Waals surface area contributed by atoms with Gasteiger partial charge in [-0.15, -0.1) is 0 Å². The van der Waals surface area contributed by atoms with Crippen LogP contribution in [0.1, 0.15) is 11.1 Å². The second-order valence-corrected chi connectivity index (χ2v) is 5.62. The SMILES string of the molecule is O=C(/C=C\c1c(F)cccc1F)NCc1cccc(N2CCOC2=O)c1. The summed E-state index contributed by atoms with van der Waals surface area (Å²) < 4.78 is 31.9. The van der Waals surface area contributed by atoms with Gasteiger partial charge in [-0.25, -0.2) is 13.6 Å². The molecule has 134 valence electrons. The summed E-state index contributed by atoms with van der Waals surface area (Å²) in [6, 6.07) is 10.6. The summed E-state index contributed by atoms with van der Waals surface area (Å²) in [5.41, 5.74) is 1.20. The van der Waals surface area contributed by atoms with Crippen molar-refractivity contribution in [2.75, 3.05) is 18.1 Å². The largest absolute Gasteiger partial charge is 0.447 e. The van der Waals surface area contributed by atoms with Crippen LogP contribution in [0, 0.1) is 11.6 Å². The highest BCUT2D eigenvalue weighted by molar-refractivity contribution is 5.92. The molecule has 1 heterocycles. The first-order valence-electron chi connectivity index (χ1n) is 7.98. The third-order valence-electron chi connectivity index (χ3n) is 3.85. The molecule has 1 fully saturated rings. The van der Waals surface area contributed by atoms with Crippen molar-refractivity contribution in [2.45, 2.75) is 6.54 Å². The molecule has 7 heteroatoms. The molecule has 0 atom stereocenters. The Bertz CT molecular complexity index is 847. The van der Waals surface area contributed by atoms with Gasteiger partial charge in [-0.05, 0) is 35.9 Å². The molecule has 0 bridgehead atoms. The quantitative estimate of drug-likeness (QED) is 0.835. The number of cyclic esters (lactones) is 1. The molecule has 0 radical (unpaired) electrons. The molecule has 1 N–H and O–H groups in total. The normalized spacial score (nSPS) is 13.9. The van der Waals surface area contributed by atoms with Crippen LogP contribution in [-0.4, -0.2) is 25.2 Å². The van der Waals surface area contributed by atoms with E-state index in [1.54, 1.807) is 24.3 Å². The molecular formula is C19H16F2N2O3. The first kappa shape index (κ1) is 17.6. The molecule has 0 aromatic heterocycles. The zero-order valence-corrected chi connectivity index (χ0v) is 13.7. The molecule has 2 aromatic carbocycles. The van der Waals surface area contributed by atoms with Gasteiger partial charge in [0.2, 0.25) is 5.91 Å². The van der Waals surface area contributed by atoms with E-state index in [1.165, 1.54) is 11.0 Å². The van der Waals surface area contributed by atoms with E-state index in [0.29, 0.717) is 18.8 Å². The molecule has 3 rings (SSSR count). The Kier molecular flexibility index (Phi) is 5.26.